The molecule has 1 amide bonds. The summed E-state index contributed by atoms with van der Waals surface area (Å²) >= 11 is 1.47. The molecule has 0 spiro atoms. The zero-order chi connectivity index (χ0) is 15.4. The van der Waals surface area contributed by atoms with Crippen molar-refractivity contribution in [2.75, 3.05) is 26.8 Å². The van der Waals surface area contributed by atoms with Crippen molar-refractivity contribution in [2.24, 2.45) is 5.92 Å². The number of thiazole rings is 1. The first-order chi connectivity index (χ1) is 10.8. The van der Waals surface area contributed by atoms with Crippen LogP contribution in [-0.4, -0.2) is 42.6 Å². The van der Waals surface area contributed by atoms with Crippen LogP contribution >= 0.6 is 11.3 Å². The van der Waals surface area contributed by atoms with Crippen LogP contribution in [0.25, 0.3) is 10.6 Å². The molecule has 1 aliphatic heterocycles. The van der Waals surface area contributed by atoms with Crippen LogP contribution in [0.3, 0.4) is 0 Å². The van der Waals surface area contributed by atoms with Gasteiger partial charge in [0, 0.05) is 37.7 Å². The molecule has 0 N–H and O–H groups in total. The lowest BCUT2D eigenvalue weighted by molar-refractivity contribution is 0.0750. The summed E-state index contributed by atoms with van der Waals surface area (Å²) in [7, 11) is 1.74. The van der Waals surface area contributed by atoms with Crippen molar-refractivity contribution in [3.8, 4) is 10.6 Å². The maximum Gasteiger partial charge on any atom is 0.273 e. The molecule has 5 nitrogen and oxygen atoms in total. The predicted octanol–water partition coefficient (Wildman–Crippen LogP) is 3.29. The molecule has 1 saturated heterocycles. The Labute approximate surface area is 133 Å². The molecule has 1 atom stereocenters. The van der Waals surface area contributed by atoms with Crippen molar-refractivity contribution in [3.05, 3.63) is 29.7 Å². The summed E-state index contributed by atoms with van der Waals surface area (Å²) in [5.41, 5.74) is 1.45. The summed E-state index contributed by atoms with van der Waals surface area (Å²) in [6.07, 6.45) is 6.41. The maximum atomic E-state index is 12.6. The molecular formula is C16H20N2O3S. The van der Waals surface area contributed by atoms with Gasteiger partial charge in [-0.3, -0.25) is 4.79 Å². The maximum absolute atomic E-state index is 12.6. The van der Waals surface area contributed by atoms with Gasteiger partial charge in [0.25, 0.3) is 5.91 Å². The van der Waals surface area contributed by atoms with Crippen LogP contribution in [0, 0.1) is 5.92 Å². The van der Waals surface area contributed by atoms with Gasteiger partial charge < -0.3 is 14.1 Å². The Hall–Kier alpha value is -1.66. The highest BCUT2D eigenvalue weighted by Gasteiger charge is 2.23. The molecule has 3 rings (SSSR count). The molecule has 6 heteroatoms. The standard InChI is InChI=1S/C16H20N2O3S/c1-20-9-12-3-2-6-18(7-4-12)16(19)14-11-22-15(17-14)13-5-8-21-10-13/h5,8,10-12H,2-4,6-7,9H2,1H3. The second-order valence-electron chi connectivity index (χ2n) is 5.59. The number of amides is 1. The molecule has 0 aromatic carbocycles. The molecule has 2 aromatic heterocycles. The molecule has 0 bridgehead atoms. The van der Waals surface area contributed by atoms with Gasteiger partial charge in [-0.05, 0) is 31.2 Å². The summed E-state index contributed by atoms with van der Waals surface area (Å²) in [5, 5.41) is 2.66. The van der Waals surface area contributed by atoms with E-state index in [4.69, 9.17) is 9.15 Å². The first kappa shape index (κ1) is 15.2. The van der Waals surface area contributed by atoms with Crippen molar-refractivity contribution in [1.82, 2.24) is 9.88 Å². The average Bonchev–Trinajstić information content (AvgIpc) is 3.16. The number of furan rings is 1. The second kappa shape index (κ2) is 7.07. The van der Waals surface area contributed by atoms with Crippen molar-refractivity contribution in [1.29, 1.82) is 0 Å². The van der Waals surface area contributed by atoms with Crippen LogP contribution < -0.4 is 0 Å². The van der Waals surface area contributed by atoms with Crippen LogP contribution in [0.15, 0.2) is 28.4 Å². The number of rotatable bonds is 4. The number of hydrogen-bond acceptors (Lipinski definition) is 5. The van der Waals surface area contributed by atoms with Gasteiger partial charge in [-0.25, -0.2) is 4.98 Å². The molecule has 1 fully saturated rings. The zero-order valence-corrected chi connectivity index (χ0v) is 13.5. The second-order valence-corrected chi connectivity index (χ2v) is 6.45. The topological polar surface area (TPSA) is 55.6 Å². The molecule has 22 heavy (non-hydrogen) atoms. The lowest BCUT2D eigenvalue weighted by Crippen LogP contribution is -2.32. The molecule has 118 valence electrons. The molecule has 1 aliphatic rings. The van der Waals surface area contributed by atoms with Gasteiger partial charge in [0.05, 0.1) is 6.26 Å². The summed E-state index contributed by atoms with van der Waals surface area (Å²) in [6, 6.07) is 1.86. The molecule has 1 unspecified atom stereocenters. The summed E-state index contributed by atoms with van der Waals surface area (Å²) in [5.74, 6) is 0.587. The third kappa shape index (κ3) is 3.39. The van der Waals surface area contributed by atoms with Crippen LogP contribution in [-0.2, 0) is 4.74 Å². The Morgan fingerprint density at radius 1 is 1.50 bits per heavy atom. The van der Waals surface area contributed by atoms with E-state index in [-0.39, 0.29) is 5.91 Å². The Kier molecular flexibility index (Phi) is 4.90. The van der Waals surface area contributed by atoms with Gasteiger partial charge in [0.1, 0.15) is 17.0 Å². The highest BCUT2D eigenvalue weighted by Crippen LogP contribution is 2.25. The number of aromatic nitrogens is 1. The van der Waals surface area contributed by atoms with Crippen LogP contribution in [0.1, 0.15) is 29.8 Å². The first-order valence-corrected chi connectivity index (χ1v) is 8.42. The smallest absolute Gasteiger partial charge is 0.273 e. The quantitative estimate of drug-likeness (QED) is 0.867. The van der Waals surface area contributed by atoms with Crippen molar-refractivity contribution in [2.45, 2.75) is 19.3 Å². The third-order valence-electron chi connectivity index (χ3n) is 4.03. The number of hydrogen-bond donors (Lipinski definition) is 0. The number of likely N-dealkylation sites (tertiary alicyclic amines) is 1. The van der Waals surface area contributed by atoms with E-state index in [1.54, 1.807) is 19.6 Å². The number of carbonyl (C=O) groups excluding carboxylic acids is 1. The highest BCUT2D eigenvalue weighted by atomic mass is 32.1. The molecule has 2 aromatic rings. The molecule has 3 heterocycles. The third-order valence-corrected chi connectivity index (χ3v) is 4.92. The molecular weight excluding hydrogens is 300 g/mol. The van der Waals surface area contributed by atoms with Crippen LogP contribution in [0.5, 0.6) is 0 Å². The van der Waals surface area contributed by atoms with E-state index >= 15 is 0 Å². The Balaban J connectivity index is 1.66. The highest BCUT2D eigenvalue weighted by molar-refractivity contribution is 7.13. The normalized spacial score (nSPS) is 19.1. The van der Waals surface area contributed by atoms with E-state index in [0.29, 0.717) is 11.6 Å². The van der Waals surface area contributed by atoms with Crippen molar-refractivity contribution in [3.63, 3.8) is 0 Å². The lowest BCUT2D eigenvalue weighted by Gasteiger charge is -2.19. The largest absolute Gasteiger partial charge is 0.472 e. The number of methoxy groups -OCH3 is 1. The van der Waals surface area contributed by atoms with Gasteiger partial charge in [0.15, 0.2) is 0 Å². The van der Waals surface area contributed by atoms with E-state index in [2.05, 4.69) is 4.98 Å². The number of nitrogens with zero attached hydrogens (tertiary/aromatic N) is 2. The predicted molar refractivity (Wildman–Crippen MR) is 84.9 cm³/mol. The van der Waals surface area contributed by atoms with Crippen molar-refractivity contribution < 1.29 is 13.9 Å². The monoisotopic (exact) mass is 320 g/mol. The summed E-state index contributed by atoms with van der Waals surface area (Å²) < 4.78 is 10.3. The van der Waals surface area contributed by atoms with Crippen LogP contribution in [0.2, 0.25) is 0 Å². The Morgan fingerprint density at radius 3 is 3.18 bits per heavy atom. The fourth-order valence-electron chi connectivity index (χ4n) is 2.82. The fourth-order valence-corrected chi connectivity index (χ4v) is 3.60. The minimum absolute atomic E-state index is 0.0315. The first-order valence-electron chi connectivity index (χ1n) is 7.54. The summed E-state index contributed by atoms with van der Waals surface area (Å²) in [4.78, 5) is 19.0. The Morgan fingerprint density at radius 2 is 2.41 bits per heavy atom. The van der Waals surface area contributed by atoms with Gasteiger partial charge in [-0.15, -0.1) is 11.3 Å². The summed E-state index contributed by atoms with van der Waals surface area (Å²) in [6.45, 7) is 2.37. The number of ether oxygens (including phenoxy) is 1. The lowest BCUT2D eigenvalue weighted by atomic mass is 10.0. The minimum atomic E-state index is 0.0315. The van der Waals surface area contributed by atoms with E-state index in [0.717, 1.165) is 49.5 Å². The average molecular weight is 320 g/mol. The van der Waals surface area contributed by atoms with Gasteiger partial charge >= 0.3 is 0 Å². The van der Waals surface area contributed by atoms with E-state index in [9.17, 15) is 4.79 Å². The molecule has 0 radical (unpaired) electrons. The number of carbonyl (C=O) groups is 1. The fraction of sp³-hybridized carbons (Fsp3) is 0.500. The Bertz CT molecular complexity index is 609. The molecule has 0 aliphatic carbocycles. The van der Waals surface area contributed by atoms with E-state index in [1.807, 2.05) is 16.3 Å². The molecule has 0 saturated carbocycles. The SMILES string of the molecule is COCC1CCCN(C(=O)c2csc(-c3ccoc3)n2)CC1. The van der Waals surface area contributed by atoms with Crippen LogP contribution in [0.4, 0.5) is 0 Å². The van der Waals surface area contributed by atoms with Gasteiger partial charge in [0.2, 0.25) is 0 Å². The minimum Gasteiger partial charge on any atom is -0.472 e. The van der Waals surface area contributed by atoms with Gasteiger partial charge in [-0.1, -0.05) is 0 Å². The zero-order valence-electron chi connectivity index (χ0n) is 12.7. The van der Waals surface area contributed by atoms with Crippen molar-refractivity contribution >= 4 is 17.2 Å². The van der Waals surface area contributed by atoms with E-state index < -0.39 is 0 Å². The van der Waals surface area contributed by atoms with E-state index in [1.165, 1.54) is 11.3 Å². The van der Waals surface area contributed by atoms with Gasteiger partial charge in [-0.2, -0.15) is 0 Å².